The molecular weight excluding hydrogens is 190 g/mol. The summed E-state index contributed by atoms with van der Waals surface area (Å²) >= 11 is 0. The molecule has 0 aliphatic carbocycles. The van der Waals surface area contributed by atoms with Crippen LogP contribution in [0.15, 0.2) is 10.3 Å². The molecule has 0 aromatic heterocycles. The number of hydrogen-bond donors (Lipinski definition) is 1. The maximum Gasteiger partial charge on any atom is 0.331 e. The van der Waals surface area contributed by atoms with Crippen molar-refractivity contribution in [2.45, 2.75) is 6.04 Å². The molecule has 1 unspecified atom stereocenters. The lowest BCUT2D eigenvalue weighted by Gasteiger charge is -2.31. The molecule has 0 aromatic rings. The largest absolute Gasteiger partial charge is 0.331 e. The highest BCUT2D eigenvalue weighted by molar-refractivity contribution is 6.20. The van der Waals surface area contributed by atoms with Crippen molar-refractivity contribution < 1.29 is 9.59 Å². The molecule has 1 aliphatic rings. The number of amidine groups is 1. The molecule has 8 nitrogen and oxygen atoms in total. The standard InChI is InChI=1S/C6H9N5O3/c1-10-4(8-7)3(9-14)5(12)11(2)6(10)13/h3H,7H2,1-2H3/b8-4+. The third-order valence-corrected chi connectivity index (χ3v) is 1.96. The summed E-state index contributed by atoms with van der Waals surface area (Å²) in [5.41, 5.74) is 0. The van der Waals surface area contributed by atoms with Crippen LogP contribution in [0.4, 0.5) is 4.79 Å². The van der Waals surface area contributed by atoms with Crippen LogP contribution in [-0.2, 0) is 4.79 Å². The van der Waals surface area contributed by atoms with Crippen LogP contribution in [0.2, 0.25) is 0 Å². The number of carbonyl (C=O) groups excluding carboxylic acids is 2. The van der Waals surface area contributed by atoms with Gasteiger partial charge in [0.2, 0.25) is 6.04 Å². The van der Waals surface area contributed by atoms with E-state index in [0.29, 0.717) is 0 Å². The predicted molar refractivity (Wildman–Crippen MR) is 47.1 cm³/mol. The van der Waals surface area contributed by atoms with Gasteiger partial charge < -0.3 is 5.84 Å². The zero-order valence-electron chi connectivity index (χ0n) is 7.67. The molecule has 0 spiro atoms. The van der Waals surface area contributed by atoms with Gasteiger partial charge >= 0.3 is 6.03 Å². The van der Waals surface area contributed by atoms with Gasteiger partial charge in [-0.15, -0.1) is 4.91 Å². The Hall–Kier alpha value is -1.99. The van der Waals surface area contributed by atoms with Crippen molar-refractivity contribution in [1.82, 2.24) is 9.80 Å². The van der Waals surface area contributed by atoms with Crippen LogP contribution >= 0.6 is 0 Å². The Morgan fingerprint density at radius 1 is 1.29 bits per heavy atom. The van der Waals surface area contributed by atoms with E-state index < -0.39 is 18.0 Å². The van der Waals surface area contributed by atoms with Crippen molar-refractivity contribution in [1.29, 1.82) is 0 Å². The van der Waals surface area contributed by atoms with Crippen molar-refractivity contribution in [3.63, 3.8) is 0 Å². The third kappa shape index (κ3) is 1.20. The molecule has 0 bridgehead atoms. The molecular formula is C6H9N5O3. The molecule has 76 valence electrons. The number of nitroso groups, excluding NO2 is 1. The number of imide groups is 1. The molecule has 1 heterocycles. The summed E-state index contributed by atoms with van der Waals surface area (Å²) in [5, 5.41) is 5.77. The highest BCUT2D eigenvalue weighted by atomic mass is 16.3. The fraction of sp³-hybridized carbons (Fsp3) is 0.500. The van der Waals surface area contributed by atoms with Crippen molar-refractivity contribution in [3.05, 3.63) is 4.91 Å². The summed E-state index contributed by atoms with van der Waals surface area (Å²) in [4.78, 5) is 34.8. The maximum atomic E-state index is 11.3. The summed E-state index contributed by atoms with van der Waals surface area (Å²) in [5.74, 6) is 4.08. The second kappa shape index (κ2) is 3.40. The van der Waals surface area contributed by atoms with Crippen molar-refractivity contribution >= 4 is 17.8 Å². The van der Waals surface area contributed by atoms with Crippen LogP contribution in [-0.4, -0.2) is 47.7 Å². The molecule has 0 radical (unpaired) electrons. The van der Waals surface area contributed by atoms with Crippen molar-refractivity contribution in [2.24, 2.45) is 16.1 Å². The summed E-state index contributed by atoms with van der Waals surface area (Å²) in [6, 6.07) is -1.94. The number of amides is 3. The number of likely N-dealkylation sites (N-methyl/N-ethyl adjacent to an activating group) is 2. The quantitative estimate of drug-likeness (QED) is 0.329. The van der Waals surface area contributed by atoms with Crippen LogP contribution < -0.4 is 5.84 Å². The smallest absolute Gasteiger partial charge is 0.321 e. The summed E-state index contributed by atoms with van der Waals surface area (Å²) in [6.07, 6.45) is 0. The summed E-state index contributed by atoms with van der Waals surface area (Å²) < 4.78 is 0. The monoisotopic (exact) mass is 199 g/mol. The average molecular weight is 199 g/mol. The molecule has 1 aliphatic heterocycles. The Balaban J connectivity index is 3.15. The third-order valence-electron chi connectivity index (χ3n) is 1.96. The minimum Gasteiger partial charge on any atom is -0.321 e. The van der Waals surface area contributed by atoms with Gasteiger partial charge in [0.05, 0.1) is 0 Å². The number of urea groups is 1. The number of hydrazone groups is 1. The van der Waals surface area contributed by atoms with Crippen LogP contribution in [0.5, 0.6) is 0 Å². The highest BCUT2D eigenvalue weighted by Crippen LogP contribution is 2.12. The second-order valence-electron chi connectivity index (χ2n) is 2.73. The van der Waals surface area contributed by atoms with Crippen LogP contribution in [0, 0.1) is 4.91 Å². The fourth-order valence-corrected chi connectivity index (χ4v) is 1.14. The van der Waals surface area contributed by atoms with Gasteiger partial charge in [-0.1, -0.05) is 0 Å². The molecule has 0 aromatic carbocycles. The first-order valence-corrected chi connectivity index (χ1v) is 3.70. The second-order valence-corrected chi connectivity index (χ2v) is 2.73. The molecule has 1 atom stereocenters. The molecule has 14 heavy (non-hydrogen) atoms. The van der Waals surface area contributed by atoms with Gasteiger partial charge in [-0.2, -0.15) is 5.10 Å². The van der Waals surface area contributed by atoms with Gasteiger partial charge in [-0.25, -0.2) is 4.79 Å². The number of rotatable bonds is 1. The van der Waals surface area contributed by atoms with E-state index in [2.05, 4.69) is 10.3 Å². The first-order valence-electron chi connectivity index (χ1n) is 3.70. The Bertz CT molecular complexity index is 325. The molecule has 1 fully saturated rings. The van der Waals surface area contributed by atoms with E-state index in [-0.39, 0.29) is 5.84 Å². The molecule has 8 heteroatoms. The van der Waals surface area contributed by atoms with E-state index in [1.165, 1.54) is 14.1 Å². The van der Waals surface area contributed by atoms with Gasteiger partial charge in [0.15, 0.2) is 5.84 Å². The first kappa shape index (κ1) is 10.1. The number of hydrogen-bond acceptors (Lipinski definition) is 6. The van der Waals surface area contributed by atoms with E-state index >= 15 is 0 Å². The van der Waals surface area contributed by atoms with Crippen LogP contribution in [0.3, 0.4) is 0 Å². The molecule has 2 N–H and O–H groups in total. The number of nitrogens with zero attached hydrogens (tertiary/aromatic N) is 4. The van der Waals surface area contributed by atoms with Crippen molar-refractivity contribution in [3.8, 4) is 0 Å². The maximum absolute atomic E-state index is 11.3. The summed E-state index contributed by atoms with van der Waals surface area (Å²) in [6.45, 7) is 0. The fourth-order valence-electron chi connectivity index (χ4n) is 1.14. The highest BCUT2D eigenvalue weighted by Gasteiger charge is 2.42. The molecule has 1 saturated heterocycles. The van der Waals surface area contributed by atoms with E-state index in [4.69, 9.17) is 5.84 Å². The van der Waals surface area contributed by atoms with Gasteiger partial charge in [-0.3, -0.25) is 14.6 Å². The number of nitrogens with two attached hydrogens (primary N) is 1. The predicted octanol–water partition coefficient (Wildman–Crippen LogP) is -1.08. The average Bonchev–Trinajstić information content (AvgIpc) is 2.20. The topological polar surface area (TPSA) is 108 Å². The van der Waals surface area contributed by atoms with E-state index in [0.717, 1.165) is 9.80 Å². The minimum absolute atomic E-state index is 0.145. The normalized spacial score (nSPS) is 25.9. The van der Waals surface area contributed by atoms with Gasteiger partial charge in [0, 0.05) is 14.1 Å². The van der Waals surface area contributed by atoms with Gasteiger partial charge in [-0.05, 0) is 5.18 Å². The van der Waals surface area contributed by atoms with Crippen LogP contribution in [0.25, 0.3) is 0 Å². The number of carbonyl (C=O) groups is 2. The molecule has 1 rings (SSSR count). The minimum atomic E-state index is -1.34. The van der Waals surface area contributed by atoms with Gasteiger partial charge in [0.1, 0.15) is 0 Å². The lowest BCUT2D eigenvalue weighted by Crippen LogP contribution is -2.59. The first-order chi connectivity index (χ1) is 6.54. The Morgan fingerprint density at radius 3 is 2.29 bits per heavy atom. The van der Waals surface area contributed by atoms with E-state index in [1.54, 1.807) is 0 Å². The Labute approximate surface area is 79.3 Å². The Morgan fingerprint density at radius 2 is 1.86 bits per heavy atom. The molecule has 0 saturated carbocycles. The van der Waals surface area contributed by atoms with E-state index in [9.17, 15) is 14.5 Å². The SMILES string of the molecule is CN1C(=O)C(N=O)/C(=N\N)N(C)C1=O. The zero-order valence-corrected chi connectivity index (χ0v) is 7.67. The van der Waals surface area contributed by atoms with Gasteiger partial charge in [0.25, 0.3) is 5.91 Å². The van der Waals surface area contributed by atoms with Crippen molar-refractivity contribution in [2.75, 3.05) is 14.1 Å². The van der Waals surface area contributed by atoms with E-state index in [1.807, 2.05) is 0 Å². The lowest BCUT2D eigenvalue weighted by atomic mass is 10.2. The van der Waals surface area contributed by atoms with Crippen LogP contribution in [0.1, 0.15) is 0 Å². The molecule has 3 amide bonds. The Kier molecular flexibility index (Phi) is 2.45. The lowest BCUT2D eigenvalue weighted by molar-refractivity contribution is -0.128. The zero-order chi connectivity index (χ0) is 10.9. The summed E-state index contributed by atoms with van der Waals surface area (Å²) in [7, 11) is 2.61.